The lowest BCUT2D eigenvalue weighted by Crippen LogP contribution is -2.31. The van der Waals surface area contributed by atoms with E-state index in [2.05, 4.69) is 60.6 Å². The second kappa shape index (κ2) is 6.55. The van der Waals surface area contributed by atoms with Crippen LogP contribution >= 0.6 is 0 Å². The SMILES string of the molecule is CCCCn1c(C)c(C)c2c(N3CCc4ccccc4C3)nccc21. The average Bonchev–Trinajstić information content (AvgIpc) is 2.90. The Bertz CT molecular complexity index is 907. The molecule has 2 aromatic heterocycles. The Balaban J connectivity index is 1.78. The summed E-state index contributed by atoms with van der Waals surface area (Å²) in [6.45, 7) is 9.86. The molecule has 1 aliphatic heterocycles. The Labute approximate surface area is 150 Å². The van der Waals surface area contributed by atoms with Gasteiger partial charge in [0, 0.05) is 36.9 Å². The summed E-state index contributed by atoms with van der Waals surface area (Å²) < 4.78 is 2.48. The van der Waals surface area contributed by atoms with Crippen molar-refractivity contribution in [2.24, 2.45) is 0 Å². The van der Waals surface area contributed by atoms with Crippen LogP contribution in [0.25, 0.3) is 10.9 Å². The number of anilines is 1. The minimum absolute atomic E-state index is 0.959. The van der Waals surface area contributed by atoms with Crippen LogP contribution in [0.3, 0.4) is 0 Å². The molecule has 1 aliphatic rings. The third kappa shape index (κ3) is 2.72. The van der Waals surface area contributed by atoms with E-state index in [0.29, 0.717) is 0 Å². The summed E-state index contributed by atoms with van der Waals surface area (Å²) in [6.07, 6.45) is 5.53. The van der Waals surface area contributed by atoms with Gasteiger partial charge in [0.1, 0.15) is 5.82 Å². The van der Waals surface area contributed by atoms with E-state index in [1.54, 1.807) is 0 Å². The van der Waals surface area contributed by atoms with Gasteiger partial charge in [0.25, 0.3) is 0 Å². The quantitative estimate of drug-likeness (QED) is 0.669. The maximum atomic E-state index is 4.81. The van der Waals surface area contributed by atoms with Gasteiger partial charge in [-0.15, -0.1) is 0 Å². The van der Waals surface area contributed by atoms with Crippen LogP contribution in [-0.2, 0) is 19.5 Å². The first-order chi connectivity index (χ1) is 12.2. The van der Waals surface area contributed by atoms with Crippen molar-refractivity contribution in [2.45, 2.75) is 53.1 Å². The Morgan fingerprint density at radius 1 is 1.08 bits per heavy atom. The van der Waals surface area contributed by atoms with Crippen molar-refractivity contribution in [3.63, 3.8) is 0 Å². The van der Waals surface area contributed by atoms with Crippen molar-refractivity contribution >= 4 is 16.7 Å². The number of fused-ring (bicyclic) bond motifs is 2. The summed E-state index contributed by atoms with van der Waals surface area (Å²) in [6, 6.07) is 11.0. The van der Waals surface area contributed by atoms with Crippen molar-refractivity contribution < 1.29 is 0 Å². The van der Waals surface area contributed by atoms with Gasteiger partial charge in [0.15, 0.2) is 0 Å². The number of pyridine rings is 1. The Morgan fingerprint density at radius 3 is 2.68 bits per heavy atom. The topological polar surface area (TPSA) is 21.1 Å². The summed E-state index contributed by atoms with van der Waals surface area (Å²) in [5.41, 5.74) is 7.03. The highest BCUT2D eigenvalue weighted by Crippen LogP contribution is 2.34. The maximum absolute atomic E-state index is 4.81. The van der Waals surface area contributed by atoms with Crippen LogP contribution in [0.2, 0.25) is 0 Å². The predicted molar refractivity (Wildman–Crippen MR) is 105 cm³/mol. The molecule has 25 heavy (non-hydrogen) atoms. The van der Waals surface area contributed by atoms with Crippen molar-refractivity contribution in [1.29, 1.82) is 0 Å². The molecular formula is C22H27N3. The number of nitrogens with zero attached hydrogens (tertiary/aromatic N) is 3. The third-order valence-electron chi connectivity index (χ3n) is 5.69. The van der Waals surface area contributed by atoms with Gasteiger partial charge in [-0.2, -0.15) is 0 Å². The van der Waals surface area contributed by atoms with E-state index in [1.165, 1.54) is 46.1 Å². The van der Waals surface area contributed by atoms with E-state index in [0.717, 1.165) is 31.9 Å². The summed E-state index contributed by atoms with van der Waals surface area (Å²) in [7, 11) is 0. The molecule has 0 amide bonds. The fourth-order valence-electron chi connectivity index (χ4n) is 4.11. The standard InChI is InChI=1S/C22H27N3/c1-4-5-13-25-17(3)16(2)21-20(25)10-12-23-22(21)24-14-11-18-8-6-7-9-19(18)15-24/h6-10,12H,4-5,11,13-15H2,1-3H3. The van der Waals surface area contributed by atoms with E-state index < -0.39 is 0 Å². The molecule has 3 aromatic rings. The number of hydrogen-bond donors (Lipinski definition) is 0. The second-order valence-corrected chi connectivity index (χ2v) is 7.18. The van der Waals surface area contributed by atoms with Gasteiger partial charge in [-0.25, -0.2) is 4.98 Å². The third-order valence-corrected chi connectivity index (χ3v) is 5.69. The molecule has 0 atom stereocenters. The first kappa shape index (κ1) is 16.2. The highest BCUT2D eigenvalue weighted by molar-refractivity contribution is 5.94. The van der Waals surface area contributed by atoms with Gasteiger partial charge in [-0.3, -0.25) is 0 Å². The zero-order valence-corrected chi connectivity index (χ0v) is 15.5. The minimum atomic E-state index is 0.959. The number of rotatable bonds is 4. The highest BCUT2D eigenvalue weighted by atomic mass is 15.2. The van der Waals surface area contributed by atoms with Crippen LogP contribution in [0.5, 0.6) is 0 Å². The van der Waals surface area contributed by atoms with Crippen LogP contribution < -0.4 is 4.90 Å². The molecule has 0 radical (unpaired) electrons. The van der Waals surface area contributed by atoms with Crippen LogP contribution in [0.1, 0.15) is 42.1 Å². The van der Waals surface area contributed by atoms with E-state index in [9.17, 15) is 0 Å². The van der Waals surface area contributed by atoms with Crippen molar-refractivity contribution in [3.05, 3.63) is 58.9 Å². The maximum Gasteiger partial charge on any atom is 0.138 e. The smallest absolute Gasteiger partial charge is 0.138 e. The molecule has 3 heteroatoms. The molecule has 0 aliphatic carbocycles. The molecule has 0 saturated heterocycles. The fourth-order valence-corrected chi connectivity index (χ4v) is 4.11. The van der Waals surface area contributed by atoms with E-state index in [1.807, 2.05) is 6.20 Å². The summed E-state index contributed by atoms with van der Waals surface area (Å²) in [5, 5.41) is 1.34. The van der Waals surface area contributed by atoms with Crippen LogP contribution in [-0.4, -0.2) is 16.1 Å². The summed E-state index contributed by atoms with van der Waals surface area (Å²) >= 11 is 0. The molecule has 1 aromatic carbocycles. The molecular weight excluding hydrogens is 306 g/mol. The fraction of sp³-hybridized carbons (Fsp3) is 0.409. The molecule has 3 heterocycles. The number of aromatic nitrogens is 2. The molecule has 0 unspecified atom stereocenters. The Morgan fingerprint density at radius 2 is 1.88 bits per heavy atom. The van der Waals surface area contributed by atoms with Crippen LogP contribution in [0.4, 0.5) is 5.82 Å². The van der Waals surface area contributed by atoms with Crippen LogP contribution in [0, 0.1) is 13.8 Å². The zero-order chi connectivity index (χ0) is 17.4. The lowest BCUT2D eigenvalue weighted by molar-refractivity contribution is 0.636. The summed E-state index contributed by atoms with van der Waals surface area (Å²) in [4.78, 5) is 7.27. The second-order valence-electron chi connectivity index (χ2n) is 7.18. The number of unbranched alkanes of at least 4 members (excludes halogenated alkanes) is 1. The Hall–Kier alpha value is -2.29. The first-order valence-electron chi connectivity index (χ1n) is 9.46. The van der Waals surface area contributed by atoms with Crippen molar-refractivity contribution in [1.82, 2.24) is 9.55 Å². The minimum Gasteiger partial charge on any atom is -0.351 e. The van der Waals surface area contributed by atoms with Gasteiger partial charge in [0.2, 0.25) is 0 Å². The van der Waals surface area contributed by atoms with Crippen LogP contribution in [0.15, 0.2) is 36.5 Å². The normalized spacial score (nSPS) is 14.1. The van der Waals surface area contributed by atoms with Gasteiger partial charge in [0.05, 0.1) is 5.52 Å². The molecule has 0 fully saturated rings. The van der Waals surface area contributed by atoms with E-state index >= 15 is 0 Å². The molecule has 0 N–H and O–H groups in total. The van der Waals surface area contributed by atoms with Crippen molar-refractivity contribution in [2.75, 3.05) is 11.4 Å². The first-order valence-corrected chi connectivity index (χ1v) is 9.46. The highest BCUT2D eigenvalue weighted by Gasteiger charge is 2.22. The zero-order valence-electron chi connectivity index (χ0n) is 15.5. The molecule has 0 saturated carbocycles. The lowest BCUT2D eigenvalue weighted by atomic mass is 9.99. The van der Waals surface area contributed by atoms with Gasteiger partial charge in [-0.05, 0) is 49.4 Å². The van der Waals surface area contributed by atoms with Gasteiger partial charge >= 0.3 is 0 Å². The largest absolute Gasteiger partial charge is 0.351 e. The molecule has 130 valence electrons. The molecule has 0 spiro atoms. The number of aryl methyl sites for hydroxylation is 2. The van der Waals surface area contributed by atoms with E-state index in [-0.39, 0.29) is 0 Å². The lowest BCUT2D eigenvalue weighted by Gasteiger charge is -2.30. The Kier molecular flexibility index (Phi) is 4.24. The van der Waals surface area contributed by atoms with Gasteiger partial charge < -0.3 is 9.47 Å². The van der Waals surface area contributed by atoms with Crippen molar-refractivity contribution in [3.8, 4) is 0 Å². The van der Waals surface area contributed by atoms with Gasteiger partial charge in [-0.1, -0.05) is 37.6 Å². The monoisotopic (exact) mass is 333 g/mol. The summed E-state index contributed by atoms with van der Waals surface area (Å²) in [5.74, 6) is 1.16. The molecule has 0 bridgehead atoms. The molecule has 3 nitrogen and oxygen atoms in total. The van der Waals surface area contributed by atoms with E-state index in [4.69, 9.17) is 4.98 Å². The predicted octanol–water partition coefficient (Wildman–Crippen LogP) is 5.02. The molecule has 4 rings (SSSR count). The number of hydrogen-bond acceptors (Lipinski definition) is 2. The number of benzene rings is 1. The average molecular weight is 333 g/mol.